The Balaban J connectivity index is 1.55. The highest BCUT2D eigenvalue weighted by atomic mass is 35.5. The fourth-order valence-corrected chi connectivity index (χ4v) is 3.16. The third-order valence-electron chi connectivity index (χ3n) is 4.23. The molecule has 4 rings (SSSR count). The summed E-state index contributed by atoms with van der Waals surface area (Å²) in [6.07, 6.45) is 3.66. The largest absolute Gasteiger partial charge is 0.451 e. The van der Waals surface area contributed by atoms with E-state index in [-0.39, 0.29) is 5.76 Å². The Morgan fingerprint density at radius 1 is 1.27 bits per heavy atom. The van der Waals surface area contributed by atoms with Gasteiger partial charge in [0.15, 0.2) is 5.76 Å². The van der Waals surface area contributed by atoms with Crippen LogP contribution in [-0.2, 0) is 6.54 Å². The number of furan rings is 1. The summed E-state index contributed by atoms with van der Waals surface area (Å²) >= 11 is 5.95. The minimum absolute atomic E-state index is 0.190. The topological polar surface area (TPSA) is 59.5 Å². The van der Waals surface area contributed by atoms with Gasteiger partial charge in [0.1, 0.15) is 5.58 Å². The van der Waals surface area contributed by atoms with Crippen LogP contribution in [-0.4, -0.2) is 16.7 Å². The van der Waals surface area contributed by atoms with E-state index >= 15 is 0 Å². The Kier molecular flexibility index (Phi) is 4.22. The zero-order chi connectivity index (χ0) is 18.1. The lowest BCUT2D eigenvalue weighted by Gasteiger charge is -1.97. The van der Waals surface area contributed by atoms with Gasteiger partial charge in [0.05, 0.1) is 6.21 Å². The summed E-state index contributed by atoms with van der Waals surface area (Å²) in [7, 11) is 0. The average molecular weight is 366 g/mol. The van der Waals surface area contributed by atoms with Crippen LogP contribution in [0.5, 0.6) is 0 Å². The standard InChI is InChI=1S/C20H16ClN3O2/c1-2-24-12-14(16-5-3-4-6-17(16)24)11-22-23-20(25)19-10-13-9-15(21)7-8-18(13)26-19/h3-12H,2H2,1H3,(H,23,25)/b22-11+. The predicted molar refractivity (Wildman–Crippen MR) is 104 cm³/mol. The van der Waals surface area contributed by atoms with Crippen molar-refractivity contribution in [3.8, 4) is 0 Å². The fourth-order valence-electron chi connectivity index (χ4n) is 2.98. The zero-order valence-corrected chi connectivity index (χ0v) is 14.8. The van der Waals surface area contributed by atoms with Crippen LogP contribution in [0.3, 0.4) is 0 Å². The van der Waals surface area contributed by atoms with Gasteiger partial charge in [0.25, 0.3) is 0 Å². The number of carbonyl (C=O) groups is 1. The van der Waals surface area contributed by atoms with Gasteiger partial charge in [-0.25, -0.2) is 5.43 Å². The van der Waals surface area contributed by atoms with Crippen molar-refractivity contribution in [2.24, 2.45) is 5.10 Å². The number of rotatable bonds is 4. The zero-order valence-electron chi connectivity index (χ0n) is 14.1. The minimum atomic E-state index is -0.409. The summed E-state index contributed by atoms with van der Waals surface area (Å²) in [5.74, 6) is -0.219. The van der Waals surface area contributed by atoms with Crippen LogP contribution in [0, 0.1) is 0 Å². The smallest absolute Gasteiger partial charge is 0.307 e. The SMILES string of the molecule is CCn1cc(/C=N/NC(=O)c2cc3cc(Cl)ccc3o2)c2ccccc21. The molecule has 6 heteroatoms. The van der Waals surface area contributed by atoms with Crippen molar-refractivity contribution in [2.45, 2.75) is 13.5 Å². The number of para-hydroxylation sites is 1. The Bertz CT molecular complexity index is 1140. The maximum absolute atomic E-state index is 12.3. The van der Waals surface area contributed by atoms with Crippen LogP contribution in [0.1, 0.15) is 23.0 Å². The second kappa shape index (κ2) is 6.69. The maximum atomic E-state index is 12.3. The molecule has 2 aromatic carbocycles. The van der Waals surface area contributed by atoms with Gasteiger partial charge < -0.3 is 8.98 Å². The first-order valence-electron chi connectivity index (χ1n) is 8.26. The Morgan fingerprint density at radius 2 is 2.12 bits per heavy atom. The quantitative estimate of drug-likeness (QED) is 0.416. The van der Waals surface area contributed by atoms with E-state index in [2.05, 4.69) is 28.1 Å². The van der Waals surface area contributed by atoms with E-state index in [9.17, 15) is 4.79 Å². The molecule has 1 amide bonds. The van der Waals surface area contributed by atoms with Crippen molar-refractivity contribution < 1.29 is 9.21 Å². The highest BCUT2D eigenvalue weighted by Gasteiger charge is 2.12. The summed E-state index contributed by atoms with van der Waals surface area (Å²) in [5, 5.41) is 6.54. The van der Waals surface area contributed by atoms with E-state index in [1.165, 1.54) is 0 Å². The third-order valence-corrected chi connectivity index (χ3v) is 4.47. The molecular formula is C20H16ClN3O2. The summed E-state index contributed by atoms with van der Waals surface area (Å²) in [6, 6.07) is 14.9. The predicted octanol–water partition coefficient (Wildman–Crippen LogP) is 4.82. The molecule has 0 saturated heterocycles. The third kappa shape index (κ3) is 2.97. The Hall–Kier alpha value is -3.05. The van der Waals surface area contributed by atoms with E-state index in [0.717, 1.165) is 28.4 Å². The van der Waals surface area contributed by atoms with Crippen molar-refractivity contribution in [2.75, 3.05) is 0 Å². The van der Waals surface area contributed by atoms with Gasteiger partial charge in [-0.3, -0.25) is 4.79 Å². The summed E-state index contributed by atoms with van der Waals surface area (Å²) < 4.78 is 7.67. The lowest BCUT2D eigenvalue weighted by Crippen LogP contribution is -2.16. The number of hydrogen-bond acceptors (Lipinski definition) is 3. The number of halogens is 1. The molecule has 26 heavy (non-hydrogen) atoms. The first-order chi connectivity index (χ1) is 12.7. The van der Waals surface area contributed by atoms with Crippen molar-refractivity contribution in [1.29, 1.82) is 0 Å². The second-order valence-electron chi connectivity index (χ2n) is 5.88. The molecule has 0 unspecified atom stereocenters. The highest BCUT2D eigenvalue weighted by Crippen LogP contribution is 2.23. The lowest BCUT2D eigenvalue weighted by atomic mass is 10.2. The number of hydrazone groups is 1. The molecule has 0 aliphatic carbocycles. The van der Waals surface area contributed by atoms with Gasteiger partial charge >= 0.3 is 5.91 Å². The van der Waals surface area contributed by atoms with E-state index < -0.39 is 5.91 Å². The van der Waals surface area contributed by atoms with Gasteiger partial charge in [-0.05, 0) is 37.3 Å². The van der Waals surface area contributed by atoms with Gasteiger partial charge in [-0.15, -0.1) is 0 Å². The molecule has 0 aliphatic heterocycles. The van der Waals surface area contributed by atoms with Crippen LogP contribution in [0.15, 0.2) is 64.2 Å². The molecule has 5 nitrogen and oxygen atoms in total. The van der Waals surface area contributed by atoms with Crippen LogP contribution >= 0.6 is 11.6 Å². The molecule has 0 fully saturated rings. The number of fused-ring (bicyclic) bond motifs is 2. The number of aromatic nitrogens is 1. The molecule has 0 radical (unpaired) electrons. The molecule has 1 N–H and O–H groups in total. The Labute approximate surface area is 154 Å². The molecule has 0 atom stereocenters. The first-order valence-corrected chi connectivity index (χ1v) is 8.64. The number of amides is 1. The highest BCUT2D eigenvalue weighted by molar-refractivity contribution is 6.31. The van der Waals surface area contributed by atoms with Gasteiger partial charge in [-0.1, -0.05) is 29.8 Å². The second-order valence-corrected chi connectivity index (χ2v) is 6.32. The number of nitrogens with one attached hydrogen (secondary N) is 1. The van der Waals surface area contributed by atoms with Crippen molar-refractivity contribution >= 4 is 45.6 Å². The molecule has 2 aromatic heterocycles. The average Bonchev–Trinajstić information content (AvgIpc) is 3.23. The number of benzene rings is 2. The monoisotopic (exact) mass is 365 g/mol. The molecular weight excluding hydrogens is 350 g/mol. The fraction of sp³-hybridized carbons (Fsp3) is 0.100. The summed E-state index contributed by atoms with van der Waals surface area (Å²) in [4.78, 5) is 12.3. The number of nitrogens with zero attached hydrogens (tertiary/aromatic N) is 2. The number of aryl methyl sites for hydroxylation is 1. The van der Waals surface area contributed by atoms with Gasteiger partial charge in [-0.2, -0.15) is 5.10 Å². The van der Waals surface area contributed by atoms with Crippen LogP contribution in [0.4, 0.5) is 0 Å². The first kappa shape index (κ1) is 16.4. The minimum Gasteiger partial charge on any atom is -0.451 e. The van der Waals surface area contributed by atoms with Crippen LogP contribution < -0.4 is 5.43 Å². The summed E-state index contributed by atoms with van der Waals surface area (Å²) in [6.45, 7) is 2.95. The van der Waals surface area contributed by atoms with Crippen molar-refractivity contribution in [3.05, 3.63) is 71.1 Å². The molecule has 0 aliphatic rings. The summed E-state index contributed by atoms with van der Waals surface area (Å²) in [5.41, 5.74) is 5.20. The molecule has 0 bridgehead atoms. The van der Waals surface area contributed by atoms with Gasteiger partial charge in [0, 0.05) is 39.6 Å². The van der Waals surface area contributed by atoms with Crippen LogP contribution in [0.2, 0.25) is 5.02 Å². The maximum Gasteiger partial charge on any atom is 0.307 e. The molecule has 130 valence electrons. The van der Waals surface area contributed by atoms with E-state index in [4.69, 9.17) is 16.0 Å². The lowest BCUT2D eigenvalue weighted by molar-refractivity contribution is 0.0929. The van der Waals surface area contributed by atoms with Gasteiger partial charge in [0.2, 0.25) is 0 Å². The molecule has 0 saturated carbocycles. The van der Waals surface area contributed by atoms with E-state index in [1.807, 2.05) is 24.4 Å². The molecule has 4 aromatic rings. The molecule has 0 spiro atoms. The Morgan fingerprint density at radius 3 is 2.96 bits per heavy atom. The normalized spacial score (nSPS) is 11.6. The van der Waals surface area contributed by atoms with E-state index in [1.54, 1.807) is 30.5 Å². The number of carbonyl (C=O) groups excluding carboxylic acids is 1. The van der Waals surface area contributed by atoms with E-state index in [0.29, 0.717) is 10.6 Å². The number of hydrogen-bond donors (Lipinski definition) is 1. The van der Waals surface area contributed by atoms with Crippen LogP contribution in [0.25, 0.3) is 21.9 Å². The molecule has 2 heterocycles. The van der Waals surface area contributed by atoms with Crippen molar-refractivity contribution in [1.82, 2.24) is 9.99 Å². The van der Waals surface area contributed by atoms with Crippen molar-refractivity contribution in [3.63, 3.8) is 0 Å².